The van der Waals surface area contributed by atoms with Crippen molar-refractivity contribution in [3.8, 4) is 22.4 Å². The molecular formula is C19H16F2N2O2S. The quantitative estimate of drug-likeness (QED) is 0.754. The molecule has 7 heteroatoms. The molecule has 0 radical (unpaired) electrons. The first-order chi connectivity index (χ1) is 12.2. The number of aryl methyl sites for hydroxylation is 2. The molecule has 2 N–H and O–H groups in total. The zero-order valence-electron chi connectivity index (χ0n) is 14.1. The highest BCUT2D eigenvalue weighted by atomic mass is 32.2. The molecule has 0 bridgehead atoms. The maximum absolute atomic E-state index is 14.6. The summed E-state index contributed by atoms with van der Waals surface area (Å²) in [6.07, 6.45) is 1.56. The largest absolute Gasteiger partial charge is 0.256 e. The Morgan fingerprint density at radius 3 is 2.19 bits per heavy atom. The summed E-state index contributed by atoms with van der Waals surface area (Å²) in [6, 6.07) is 10.4. The van der Waals surface area contributed by atoms with E-state index in [0.29, 0.717) is 17.3 Å². The molecule has 0 fully saturated rings. The van der Waals surface area contributed by atoms with Crippen LogP contribution in [0.2, 0.25) is 0 Å². The predicted octanol–water partition coefficient (Wildman–Crippen LogP) is 3.96. The van der Waals surface area contributed by atoms with E-state index in [1.54, 1.807) is 18.3 Å². The maximum atomic E-state index is 14.6. The van der Waals surface area contributed by atoms with E-state index in [4.69, 9.17) is 5.14 Å². The van der Waals surface area contributed by atoms with Crippen LogP contribution in [0.25, 0.3) is 22.4 Å². The minimum Gasteiger partial charge on any atom is -0.256 e. The van der Waals surface area contributed by atoms with Crippen LogP contribution in [0.4, 0.5) is 8.78 Å². The van der Waals surface area contributed by atoms with Crippen molar-refractivity contribution in [2.45, 2.75) is 18.7 Å². The monoisotopic (exact) mass is 374 g/mol. The molecule has 0 aliphatic carbocycles. The normalized spacial score (nSPS) is 11.6. The van der Waals surface area contributed by atoms with E-state index >= 15 is 0 Å². The first-order valence-corrected chi connectivity index (χ1v) is 9.27. The van der Waals surface area contributed by atoms with Gasteiger partial charge in [-0.05, 0) is 44.2 Å². The Bertz CT molecular complexity index is 1090. The van der Waals surface area contributed by atoms with Crippen molar-refractivity contribution in [3.63, 3.8) is 0 Å². The molecule has 1 aromatic heterocycles. The fraction of sp³-hybridized carbons (Fsp3) is 0.105. The molecule has 4 nitrogen and oxygen atoms in total. The van der Waals surface area contributed by atoms with Crippen LogP contribution in [0.1, 0.15) is 11.1 Å². The summed E-state index contributed by atoms with van der Waals surface area (Å²) >= 11 is 0. The molecule has 2 aromatic carbocycles. The molecule has 26 heavy (non-hydrogen) atoms. The molecule has 1 heterocycles. The van der Waals surface area contributed by atoms with Gasteiger partial charge in [-0.3, -0.25) is 4.98 Å². The highest BCUT2D eigenvalue weighted by Gasteiger charge is 2.21. The lowest BCUT2D eigenvalue weighted by Gasteiger charge is -2.12. The van der Waals surface area contributed by atoms with Crippen molar-refractivity contribution in [1.29, 1.82) is 0 Å². The zero-order chi connectivity index (χ0) is 19.1. The summed E-state index contributed by atoms with van der Waals surface area (Å²) in [4.78, 5) is 3.44. The Labute approximate surface area is 150 Å². The Morgan fingerprint density at radius 2 is 1.58 bits per heavy atom. The van der Waals surface area contributed by atoms with Gasteiger partial charge in [0.1, 0.15) is 16.5 Å². The fourth-order valence-electron chi connectivity index (χ4n) is 2.92. The van der Waals surface area contributed by atoms with Gasteiger partial charge < -0.3 is 0 Å². The molecule has 0 atom stereocenters. The second kappa shape index (κ2) is 6.59. The van der Waals surface area contributed by atoms with Gasteiger partial charge in [-0.25, -0.2) is 22.3 Å². The number of benzene rings is 2. The molecule has 134 valence electrons. The van der Waals surface area contributed by atoms with Gasteiger partial charge in [0.25, 0.3) is 0 Å². The van der Waals surface area contributed by atoms with Crippen molar-refractivity contribution >= 4 is 10.0 Å². The number of pyridine rings is 1. The molecule has 0 spiro atoms. The summed E-state index contributed by atoms with van der Waals surface area (Å²) in [5.41, 5.74) is 3.52. The van der Waals surface area contributed by atoms with E-state index in [1.165, 1.54) is 0 Å². The summed E-state index contributed by atoms with van der Waals surface area (Å²) in [5.74, 6) is -2.01. The van der Waals surface area contributed by atoms with E-state index in [9.17, 15) is 17.2 Å². The van der Waals surface area contributed by atoms with Gasteiger partial charge in [0.2, 0.25) is 10.0 Å². The third kappa shape index (κ3) is 3.49. The van der Waals surface area contributed by atoms with Gasteiger partial charge in [-0.15, -0.1) is 0 Å². The first kappa shape index (κ1) is 18.2. The van der Waals surface area contributed by atoms with Crippen LogP contribution < -0.4 is 5.14 Å². The molecule has 0 amide bonds. The van der Waals surface area contributed by atoms with E-state index in [2.05, 4.69) is 4.98 Å². The Morgan fingerprint density at radius 1 is 0.923 bits per heavy atom. The zero-order valence-corrected chi connectivity index (χ0v) is 14.9. The van der Waals surface area contributed by atoms with E-state index < -0.39 is 26.6 Å². The highest BCUT2D eigenvalue weighted by molar-refractivity contribution is 7.89. The lowest BCUT2D eigenvalue weighted by molar-refractivity contribution is 0.555. The van der Waals surface area contributed by atoms with Gasteiger partial charge in [0.15, 0.2) is 0 Å². The second-order valence-electron chi connectivity index (χ2n) is 6.08. The van der Waals surface area contributed by atoms with Crippen LogP contribution in [0.5, 0.6) is 0 Å². The number of sulfonamides is 1. The smallest absolute Gasteiger partial charge is 0.241 e. The number of halogens is 2. The number of hydrogen-bond donors (Lipinski definition) is 1. The molecule has 0 aliphatic heterocycles. The lowest BCUT2D eigenvalue weighted by atomic mass is 9.96. The minimum atomic E-state index is -4.36. The molecule has 0 unspecified atom stereocenters. The number of rotatable bonds is 3. The average molecular weight is 374 g/mol. The maximum Gasteiger partial charge on any atom is 0.241 e. The topological polar surface area (TPSA) is 73.0 Å². The lowest BCUT2D eigenvalue weighted by Crippen LogP contribution is -2.14. The third-order valence-corrected chi connectivity index (χ3v) is 4.85. The predicted molar refractivity (Wildman–Crippen MR) is 95.9 cm³/mol. The number of aromatic nitrogens is 1. The highest BCUT2D eigenvalue weighted by Crippen LogP contribution is 2.34. The van der Waals surface area contributed by atoms with Gasteiger partial charge in [-0.1, -0.05) is 23.3 Å². The van der Waals surface area contributed by atoms with Crippen molar-refractivity contribution in [2.24, 2.45) is 5.14 Å². The molecule has 0 saturated heterocycles. The standard InChI is InChI=1S/C19H16F2N2O2S/c1-11-6-12(2)8-13(7-11)19-14(4-3-5-23-19)15-9-17(21)18(10-16(15)20)26(22,24)25/h3-10H,1-2H3,(H2,22,24,25). The molecule has 0 aliphatic rings. The van der Waals surface area contributed by atoms with Crippen LogP contribution >= 0.6 is 0 Å². The minimum absolute atomic E-state index is 0.0860. The third-order valence-electron chi connectivity index (χ3n) is 3.92. The van der Waals surface area contributed by atoms with Crippen LogP contribution in [0, 0.1) is 25.5 Å². The van der Waals surface area contributed by atoms with Crippen LogP contribution in [0.3, 0.4) is 0 Å². The fourth-order valence-corrected chi connectivity index (χ4v) is 3.52. The van der Waals surface area contributed by atoms with Crippen LogP contribution in [0.15, 0.2) is 53.6 Å². The molecule has 3 rings (SSSR count). The number of nitrogens with zero attached hydrogens (tertiary/aromatic N) is 1. The van der Waals surface area contributed by atoms with E-state index in [1.807, 2.05) is 32.0 Å². The molecule has 3 aromatic rings. The Kier molecular flexibility index (Phi) is 4.60. The first-order valence-electron chi connectivity index (χ1n) is 7.73. The van der Waals surface area contributed by atoms with E-state index in [-0.39, 0.29) is 5.56 Å². The van der Waals surface area contributed by atoms with Crippen molar-refractivity contribution in [2.75, 3.05) is 0 Å². The summed E-state index contributed by atoms with van der Waals surface area (Å²) < 4.78 is 51.6. The summed E-state index contributed by atoms with van der Waals surface area (Å²) in [6.45, 7) is 3.86. The van der Waals surface area contributed by atoms with Crippen molar-refractivity contribution in [1.82, 2.24) is 4.98 Å². The van der Waals surface area contributed by atoms with Crippen molar-refractivity contribution in [3.05, 3.63) is 71.4 Å². The van der Waals surface area contributed by atoms with E-state index in [0.717, 1.165) is 22.8 Å². The van der Waals surface area contributed by atoms with Crippen LogP contribution in [-0.2, 0) is 10.0 Å². The Hall–Kier alpha value is -2.64. The van der Waals surface area contributed by atoms with Crippen molar-refractivity contribution < 1.29 is 17.2 Å². The van der Waals surface area contributed by atoms with Gasteiger partial charge >= 0.3 is 0 Å². The molecule has 0 saturated carbocycles. The number of primary sulfonamides is 1. The SMILES string of the molecule is Cc1cc(C)cc(-c2ncccc2-c2cc(F)c(S(N)(=O)=O)cc2F)c1. The van der Waals surface area contributed by atoms with Crippen LogP contribution in [-0.4, -0.2) is 13.4 Å². The van der Waals surface area contributed by atoms with Gasteiger partial charge in [0.05, 0.1) is 5.69 Å². The summed E-state index contributed by atoms with van der Waals surface area (Å²) in [7, 11) is -4.36. The Balaban J connectivity index is 2.25. The number of nitrogens with two attached hydrogens (primary N) is 1. The van der Waals surface area contributed by atoms with Gasteiger partial charge in [-0.2, -0.15) is 0 Å². The van der Waals surface area contributed by atoms with Gasteiger partial charge in [0, 0.05) is 22.9 Å². The molecular weight excluding hydrogens is 358 g/mol. The average Bonchev–Trinajstić information content (AvgIpc) is 2.55. The number of hydrogen-bond acceptors (Lipinski definition) is 3. The second-order valence-corrected chi connectivity index (χ2v) is 7.61. The summed E-state index contributed by atoms with van der Waals surface area (Å²) in [5, 5.41) is 4.92.